The molecule has 30 heavy (non-hydrogen) atoms. The number of nitrogens with zero attached hydrogens (tertiary/aromatic N) is 3. The van der Waals surface area contributed by atoms with Crippen LogP contribution in [-0.4, -0.2) is 32.5 Å². The highest BCUT2D eigenvalue weighted by Crippen LogP contribution is 2.21. The van der Waals surface area contributed by atoms with Crippen LogP contribution in [0.1, 0.15) is 35.6 Å². The molecule has 2 N–H and O–H groups in total. The smallest absolute Gasteiger partial charge is 0.257 e. The lowest BCUT2D eigenvalue weighted by molar-refractivity contribution is 0.0977. The van der Waals surface area contributed by atoms with Crippen molar-refractivity contribution in [2.24, 2.45) is 0 Å². The number of thiocarbonyl (C=S) groups is 1. The average molecular weight is 442 g/mol. The third-order valence-corrected chi connectivity index (χ3v) is 5.29. The lowest BCUT2D eigenvalue weighted by Gasteiger charge is -2.14. The summed E-state index contributed by atoms with van der Waals surface area (Å²) in [6.07, 6.45) is 0.668. The highest BCUT2D eigenvalue weighted by Gasteiger charge is 2.14. The molecule has 7 nitrogen and oxygen atoms in total. The zero-order valence-corrected chi connectivity index (χ0v) is 18.4. The summed E-state index contributed by atoms with van der Waals surface area (Å²) in [5, 5.41) is 12.0. The van der Waals surface area contributed by atoms with Crippen LogP contribution in [0.2, 0.25) is 0 Å². The normalized spacial score (nSPS) is 10.5. The molecule has 9 heteroatoms. The first-order chi connectivity index (χ1) is 14.6. The van der Waals surface area contributed by atoms with Gasteiger partial charge in [-0.25, -0.2) is 4.68 Å². The van der Waals surface area contributed by atoms with Crippen molar-refractivity contribution in [3.8, 4) is 5.75 Å². The molecule has 0 fully saturated rings. The van der Waals surface area contributed by atoms with Crippen LogP contribution in [0.3, 0.4) is 0 Å². The minimum atomic E-state index is -0.305. The van der Waals surface area contributed by atoms with Gasteiger partial charge in [0.25, 0.3) is 5.91 Å². The molecule has 0 radical (unpaired) electrons. The van der Waals surface area contributed by atoms with Gasteiger partial charge < -0.3 is 4.74 Å². The summed E-state index contributed by atoms with van der Waals surface area (Å²) in [7, 11) is 0. The van der Waals surface area contributed by atoms with E-state index < -0.39 is 0 Å². The highest BCUT2D eigenvalue weighted by molar-refractivity contribution is 7.98. The van der Waals surface area contributed by atoms with Gasteiger partial charge in [0.1, 0.15) is 5.75 Å². The lowest BCUT2D eigenvalue weighted by Crippen LogP contribution is -2.38. The summed E-state index contributed by atoms with van der Waals surface area (Å²) >= 11 is 6.88. The standard InChI is InChI=1S/C21H23N5O2S2/c1-3-18-23-24-21(30-14-15-8-6-5-7-9-15)26(18)25-20(29)22-19(27)16-10-12-17(13-11-16)28-4-2/h5-13H,3-4,14H2,1-2H3,(H2,22,25,27,29). The maximum absolute atomic E-state index is 12.5. The maximum atomic E-state index is 12.5. The number of carbonyl (C=O) groups excluding carboxylic acids is 1. The van der Waals surface area contributed by atoms with Gasteiger partial charge in [0, 0.05) is 17.7 Å². The number of thioether (sulfide) groups is 1. The van der Waals surface area contributed by atoms with Crippen LogP contribution in [0.4, 0.5) is 0 Å². The van der Waals surface area contributed by atoms with E-state index in [0.29, 0.717) is 29.5 Å². The first-order valence-electron chi connectivity index (χ1n) is 9.57. The van der Waals surface area contributed by atoms with Crippen molar-refractivity contribution in [1.82, 2.24) is 20.2 Å². The van der Waals surface area contributed by atoms with Crippen LogP contribution in [0.5, 0.6) is 5.75 Å². The molecule has 1 amide bonds. The molecule has 0 saturated heterocycles. The molecule has 0 saturated carbocycles. The molecule has 0 bridgehead atoms. The second-order valence-corrected chi connectivity index (χ2v) is 7.57. The fourth-order valence-electron chi connectivity index (χ4n) is 2.63. The Labute approximate surface area is 185 Å². The van der Waals surface area contributed by atoms with Crippen molar-refractivity contribution < 1.29 is 9.53 Å². The Hall–Kier alpha value is -2.91. The van der Waals surface area contributed by atoms with Crippen LogP contribution in [0.25, 0.3) is 0 Å². The van der Waals surface area contributed by atoms with Crippen molar-refractivity contribution in [3.05, 3.63) is 71.5 Å². The molecular formula is C21H23N5O2S2. The summed E-state index contributed by atoms with van der Waals surface area (Å²) in [6, 6.07) is 17.0. The monoisotopic (exact) mass is 441 g/mol. The molecule has 3 rings (SSSR count). The average Bonchev–Trinajstić information content (AvgIpc) is 3.15. The number of ether oxygens (including phenoxy) is 1. The summed E-state index contributed by atoms with van der Waals surface area (Å²) in [4.78, 5) is 12.5. The Kier molecular flexibility index (Phi) is 7.81. The molecule has 1 aromatic heterocycles. The summed E-state index contributed by atoms with van der Waals surface area (Å²) in [6.45, 7) is 4.46. The molecule has 3 aromatic rings. The van der Waals surface area contributed by atoms with E-state index in [1.807, 2.05) is 32.0 Å². The quantitative estimate of drug-likeness (QED) is 0.407. The van der Waals surface area contributed by atoms with Gasteiger partial charge in [-0.3, -0.25) is 15.5 Å². The van der Waals surface area contributed by atoms with Crippen molar-refractivity contribution in [2.75, 3.05) is 12.0 Å². The van der Waals surface area contributed by atoms with Crippen LogP contribution in [0, 0.1) is 0 Å². The number of rotatable bonds is 8. The van der Waals surface area contributed by atoms with Crippen LogP contribution >= 0.6 is 24.0 Å². The van der Waals surface area contributed by atoms with E-state index in [1.54, 1.807) is 40.7 Å². The van der Waals surface area contributed by atoms with Gasteiger partial charge in [-0.05, 0) is 49.0 Å². The van der Waals surface area contributed by atoms with E-state index in [2.05, 4.69) is 33.1 Å². The number of amides is 1. The van der Waals surface area contributed by atoms with Gasteiger partial charge in [0.05, 0.1) is 6.61 Å². The molecule has 1 heterocycles. The molecule has 0 spiro atoms. The van der Waals surface area contributed by atoms with Gasteiger partial charge in [-0.15, -0.1) is 10.2 Å². The second-order valence-electron chi connectivity index (χ2n) is 6.21. The van der Waals surface area contributed by atoms with Gasteiger partial charge in [0.2, 0.25) is 5.16 Å². The Balaban J connectivity index is 1.63. The largest absolute Gasteiger partial charge is 0.494 e. The van der Waals surface area contributed by atoms with E-state index in [0.717, 1.165) is 11.6 Å². The molecule has 2 aromatic carbocycles. The number of hydrogen-bond donors (Lipinski definition) is 2. The SMILES string of the molecule is CCOc1ccc(C(=O)NC(=S)Nn2c(CC)nnc2SCc2ccccc2)cc1. The number of hydrogen-bond acceptors (Lipinski definition) is 6. The molecule has 156 valence electrons. The van der Waals surface area contributed by atoms with Gasteiger partial charge in [0.15, 0.2) is 10.9 Å². The lowest BCUT2D eigenvalue weighted by atomic mass is 10.2. The van der Waals surface area contributed by atoms with Gasteiger partial charge in [-0.1, -0.05) is 49.0 Å². The zero-order valence-electron chi connectivity index (χ0n) is 16.8. The van der Waals surface area contributed by atoms with Crippen LogP contribution in [-0.2, 0) is 12.2 Å². The van der Waals surface area contributed by atoms with E-state index >= 15 is 0 Å². The van der Waals surface area contributed by atoms with Crippen molar-refractivity contribution in [3.63, 3.8) is 0 Å². The molecule has 0 aliphatic rings. The molecule has 0 atom stereocenters. The first-order valence-corrected chi connectivity index (χ1v) is 11.0. The number of carbonyl (C=O) groups is 1. The van der Waals surface area contributed by atoms with Gasteiger partial charge >= 0.3 is 0 Å². The predicted molar refractivity (Wildman–Crippen MR) is 122 cm³/mol. The van der Waals surface area contributed by atoms with Crippen LogP contribution in [0.15, 0.2) is 59.8 Å². The Morgan fingerprint density at radius 3 is 2.50 bits per heavy atom. The fourth-order valence-corrected chi connectivity index (χ4v) is 3.68. The predicted octanol–water partition coefficient (Wildman–Crippen LogP) is 3.79. The minimum absolute atomic E-state index is 0.171. The molecule has 0 aliphatic carbocycles. The zero-order chi connectivity index (χ0) is 21.3. The number of nitrogens with one attached hydrogen (secondary N) is 2. The van der Waals surface area contributed by atoms with Crippen molar-refractivity contribution >= 4 is 35.0 Å². The third kappa shape index (κ3) is 5.80. The molecular weight excluding hydrogens is 418 g/mol. The van der Waals surface area contributed by atoms with Gasteiger partial charge in [-0.2, -0.15) is 0 Å². The maximum Gasteiger partial charge on any atom is 0.257 e. The van der Waals surface area contributed by atoms with E-state index in [1.165, 1.54) is 5.56 Å². The first kappa shape index (κ1) is 21.8. The summed E-state index contributed by atoms with van der Waals surface area (Å²) in [5.74, 6) is 1.88. The Bertz CT molecular complexity index is 990. The number of benzene rings is 2. The Morgan fingerprint density at radius 2 is 1.83 bits per heavy atom. The number of aryl methyl sites for hydroxylation is 1. The van der Waals surface area contributed by atoms with E-state index in [9.17, 15) is 4.79 Å². The van der Waals surface area contributed by atoms with Crippen molar-refractivity contribution in [1.29, 1.82) is 0 Å². The summed E-state index contributed by atoms with van der Waals surface area (Å²) < 4.78 is 7.11. The second kappa shape index (κ2) is 10.7. The Morgan fingerprint density at radius 1 is 1.10 bits per heavy atom. The topological polar surface area (TPSA) is 81.1 Å². The number of aromatic nitrogens is 3. The van der Waals surface area contributed by atoms with E-state index in [4.69, 9.17) is 17.0 Å². The van der Waals surface area contributed by atoms with E-state index in [-0.39, 0.29) is 11.0 Å². The summed E-state index contributed by atoms with van der Waals surface area (Å²) in [5.41, 5.74) is 4.69. The van der Waals surface area contributed by atoms with Crippen molar-refractivity contribution in [2.45, 2.75) is 31.2 Å². The highest BCUT2D eigenvalue weighted by atomic mass is 32.2. The third-order valence-electron chi connectivity index (χ3n) is 4.10. The fraction of sp³-hybridized carbons (Fsp3) is 0.238. The minimum Gasteiger partial charge on any atom is -0.494 e. The molecule has 0 aliphatic heterocycles. The van der Waals surface area contributed by atoms with Crippen LogP contribution < -0.4 is 15.5 Å². The molecule has 0 unspecified atom stereocenters.